The van der Waals surface area contributed by atoms with Crippen molar-refractivity contribution >= 4 is 11.5 Å². The Kier molecular flexibility index (Phi) is 3.17. The second-order valence-electron chi connectivity index (χ2n) is 5.03. The van der Waals surface area contributed by atoms with Gasteiger partial charge in [0.15, 0.2) is 0 Å². The van der Waals surface area contributed by atoms with Crippen LogP contribution in [0.5, 0.6) is 11.6 Å². The highest BCUT2D eigenvalue weighted by atomic mass is 16.6. The smallest absolute Gasteiger partial charge is 0.273 e. The number of nitro groups is 1. The van der Waals surface area contributed by atoms with Gasteiger partial charge in [0.2, 0.25) is 5.88 Å². The lowest BCUT2D eigenvalue weighted by molar-refractivity contribution is -0.384. The number of ether oxygens (including phenoxy) is 1. The molecule has 1 aliphatic rings. The molecule has 0 bridgehead atoms. The molecule has 0 unspecified atom stereocenters. The highest BCUT2D eigenvalue weighted by Gasteiger charge is 2.28. The molecule has 1 aromatic heterocycles. The minimum Gasteiger partial charge on any atom is -0.438 e. The van der Waals surface area contributed by atoms with Crippen LogP contribution in [0.25, 0.3) is 0 Å². The number of anilines is 1. The van der Waals surface area contributed by atoms with E-state index >= 15 is 0 Å². The molecule has 0 spiro atoms. The SMILES string of the molecule is Cc1c(N)nc(C2CC2)nc1Oc1cccc([N+](=O)[O-])c1. The normalized spacial score (nSPS) is 14.0. The summed E-state index contributed by atoms with van der Waals surface area (Å²) in [7, 11) is 0. The number of nitro benzene ring substituents is 1. The molecule has 0 aliphatic heterocycles. The Balaban J connectivity index is 1.93. The number of hydrogen-bond donors (Lipinski definition) is 1. The number of hydrogen-bond acceptors (Lipinski definition) is 6. The van der Waals surface area contributed by atoms with Crippen LogP contribution in [-0.4, -0.2) is 14.9 Å². The van der Waals surface area contributed by atoms with Gasteiger partial charge in [-0.3, -0.25) is 10.1 Å². The predicted octanol–water partition coefficient (Wildman–Crippen LogP) is 2.95. The molecule has 0 amide bonds. The molecule has 2 aromatic rings. The van der Waals surface area contributed by atoms with Gasteiger partial charge in [0.25, 0.3) is 5.69 Å². The predicted molar refractivity (Wildman–Crippen MR) is 76.3 cm³/mol. The Labute approximate surface area is 120 Å². The molecule has 2 N–H and O–H groups in total. The van der Waals surface area contributed by atoms with Gasteiger partial charge in [-0.2, -0.15) is 4.98 Å². The zero-order valence-corrected chi connectivity index (χ0v) is 11.4. The third-order valence-corrected chi connectivity index (χ3v) is 3.34. The number of non-ortho nitro benzene ring substituents is 1. The molecular formula is C14H14N4O3. The van der Waals surface area contributed by atoms with Gasteiger partial charge < -0.3 is 10.5 Å². The van der Waals surface area contributed by atoms with Crippen molar-refractivity contribution in [2.75, 3.05) is 5.73 Å². The highest BCUT2D eigenvalue weighted by molar-refractivity contribution is 5.47. The van der Waals surface area contributed by atoms with Gasteiger partial charge in [-0.25, -0.2) is 4.98 Å². The molecule has 7 heteroatoms. The van der Waals surface area contributed by atoms with E-state index in [4.69, 9.17) is 10.5 Å². The van der Waals surface area contributed by atoms with E-state index < -0.39 is 4.92 Å². The van der Waals surface area contributed by atoms with Gasteiger partial charge in [0, 0.05) is 12.0 Å². The van der Waals surface area contributed by atoms with Gasteiger partial charge in [-0.1, -0.05) is 6.07 Å². The zero-order valence-electron chi connectivity index (χ0n) is 11.4. The molecule has 0 radical (unpaired) electrons. The van der Waals surface area contributed by atoms with E-state index in [0.29, 0.717) is 34.8 Å². The Morgan fingerprint density at radius 1 is 1.38 bits per heavy atom. The maximum atomic E-state index is 10.8. The van der Waals surface area contributed by atoms with Gasteiger partial charge in [0.1, 0.15) is 17.4 Å². The Hall–Kier alpha value is -2.70. The van der Waals surface area contributed by atoms with Crippen LogP contribution >= 0.6 is 0 Å². The first kappa shape index (κ1) is 13.3. The van der Waals surface area contributed by atoms with E-state index in [1.807, 2.05) is 0 Å². The average Bonchev–Trinajstić information content (AvgIpc) is 3.28. The zero-order chi connectivity index (χ0) is 15.0. The number of aromatic nitrogens is 2. The van der Waals surface area contributed by atoms with Crippen molar-refractivity contribution < 1.29 is 9.66 Å². The third kappa shape index (κ3) is 2.76. The summed E-state index contributed by atoms with van der Waals surface area (Å²) in [5.74, 6) is 2.11. The van der Waals surface area contributed by atoms with E-state index in [9.17, 15) is 10.1 Å². The Morgan fingerprint density at radius 2 is 2.14 bits per heavy atom. The van der Waals surface area contributed by atoms with Gasteiger partial charge in [-0.15, -0.1) is 0 Å². The molecule has 1 aliphatic carbocycles. The van der Waals surface area contributed by atoms with Crippen LogP contribution < -0.4 is 10.5 Å². The molecule has 108 valence electrons. The fourth-order valence-corrected chi connectivity index (χ4v) is 1.93. The van der Waals surface area contributed by atoms with Crippen LogP contribution in [0.4, 0.5) is 11.5 Å². The third-order valence-electron chi connectivity index (χ3n) is 3.34. The van der Waals surface area contributed by atoms with Crippen molar-refractivity contribution in [3.63, 3.8) is 0 Å². The van der Waals surface area contributed by atoms with Crippen molar-refractivity contribution in [2.24, 2.45) is 0 Å². The minimum absolute atomic E-state index is 0.0328. The molecular weight excluding hydrogens is 272 g/mol. The molecule has 21 heavy (non-hydrogen) atoms. The number of nitrogens with two attached hydrogens (primary N) is 1. The average molecular weight is 286 g/mol. The number of nitrogens with zero attached hydrogens (tertiary/aromatic N) is 3. The fourth-order valence-electron chi connectivity index (χ4n) is 1.93. The summed E-state index contributed by atoms with van der Waals surface area (Å²) in [6, 6.07) is 5.97. The standard InChI is InChI=1S/C14H14N4O3/c1-8-12(15)16-13(9-5-6-9)17-14(8)21-11-4-2-3-10(7-11)18(19)20/h2-4,7,9H,5-6H2,1H3,(H2,15,16,17). The molecule has 7 nitrogen and oxygen atoms in total. The van der Waals surface area contributed by atoms with Crippen LogP contribution in [0.1, 0.15) is 30.1 Å². The molecule has 1 aromatic carbocycles. The molecule has 3 rings (SSSR count). The number of benzene rings is 1. The first-order valence-corrected chi connectivity index (χ1v) is 6.61. The lowest BCUT2D eigenvalue weighted by Gasteiger charge is -2.10. The molecule has 1 heterocycles. The van der Waals surface area contributed by atoms with Crippen LogP contribution in [0.2, 0.25) is 0 Å². The van der Waals surface area contributed by atoms with Crippen molar-refractivity contribution in [3.05, 3.63) is 45.8 Å². The lowest BCUT2D eigenvalue weighted by atomic mass is 10.3. The summed E-state index contributed by atoms with van der Waals surface area (Å²) in [5, 5.41) is 10.8. The summed E-state index contributed by atoms with van der Waals surface area (Å²) in [6.07, 6.45) is 2.11. The van der Waals surface area contributed by atoms with Crippen LogP contribution in [0, 0.1) is 17.0 Å². The maximum Gasteiger partial charge on any atom is 0.273 e. The Morgan fingerprint density at radius 3 is 2.81 bits per heavy atom. The van der Waals surface area contributed by atoms with E-state index in [1.54, 1.807) is 19.1 Å². The Bertz CT molecular complexity index is 713. The first-order valence-electron chi connectivity index (χ1n) is 6.61. The molecule has 0 saturated heterocycles. The van der Waals surface area contributed by atoms with Crippen molar-refractivity contribution in [2.45, 2.75) is 25.7 Å². The maximum absolute atomic E-state index is 10.8. The summed E-state index contributed by atoms with van der Waals surface area (Å²) in [4.78, 5) is 19.0. The molecule has 1 saturated carbocycles. The van der Waals surface area contributed by atoms with E-state index in [-0.39, 0.29) is 5.69 Å². The monoisotopic (exact) mass is 286 g/mol. The highest BCUT2D eigenvalue weighted by Crippen LogP contribution is 2.40. The summed E-state index contributed by atoms with van der Waals surface area (Å²) >= 11 is 0. The molecule has 1 fully saturated rings. The topological polar surface area (TPSA) is 104 Å². The van der Waals surface area contributed by atoms with Crippen LogP contribution in [0.3, 0.4) is 0 Å². The summed E-state index contributed by atoms with van der Waals surface area (Å²) in [5.41, 5.74) is 6.48. The largest absolute Gasteiger partial charge is 0.438 e. The van der Waals surface area contributed by atoms with Crippen LogP contribution in [-0.2, 0) is 0 Å². The second kappa shape index (κ2) is 5.01. The first-order chi connectivity index (χ1) is 10.0. The summed E-state index contributed by atoms with van der Waals surface area (Å²) in [6.45, 7) is 1.76. The van der Waals surface area contributed by atoms with E-state index in [0.717, 1.165) is 12.8 Å². The number of rotatable bonds is 4. The van der Waals surface area contributed by atoms with Crippen molar-refractivity contribution in [3.8, 4) is 11.6 Å². The summed E-state index contributed by atoms with van der Waals surface area (Å²) < 4.78 is 5.66. The van der Waals surface area contributed by atoms with E-state index in [1.165, 1.54) is 12.1 Å². The lowest BCUT2D eigenvalue weighted by Crippen LogP contribution is -2.04. The van der Waals surface area contributed by atoms with Gasteiger partial charge in [0.05, 0.1) is 16.6 Å². The minimum atomic E-state index is -0.469. The molecule has 0 atom stereocenters. The van der Waals surface area contributed by atoms with E-state index in [2.05, 4.69) is 9.97 Å². The van der Waals surface area contributed by atoms with Crippen LogP contribution in [0.15, 0.2) is 24.3 Å². The fraction of sp³-hybridized carbons (Fsp3) is 0.286. The quantitative estimate of drug-likeness (QED) is 0.684. The van der Waals surface area contributed by atoms with Gasteiger partial charge >= 0.3 is 0 Å². The van der Waals surface area contributed by atoms with Gasteiger partial charge in [-0.05, 0) is 25.8 Å². The van der Waals surface area contributed by atoms with Crippen molar-refractivity contribution in [1.29, 1.82) is 0 Å². The second-order valence-corrected chi connectivity index (χ2v) is 5.03. The number of nitrogen functional groups attached to an aromatic ring is 1. The van der Waals surface area contributed by atoms with Crippen molar-refractivity contribution in [1.82, 2.24) is 9.97 Å².